The van der Waals surface area contributed by atoms with Gasteiger partial charge in [0.25, 0.3) is 5.56 Å². The third-order valence-corrected chi connectivity index (χ3v) is 4.56. The van der Waals surface area contributed by atoms with Crippen molar-refractivity contribution in [2.45, 2.75) is 32.7 Å². The van der Waals surface area contributed by atoms with Gasteiger partial charge in [-0.3, -0.25) is 9.59 Å². The zero-order chi connectivity index (χ0) is 18.4. The van der Waals surface area contributed by atoms with Crippen molar-refractivity contribution in [2.24, 2.45) is 0 Å². The molecule has 3 rings (SSSR count). The Labute approximate surface area is 153 Å². The maximum Gasteiger partial charge on any atom is 0.294 e. The number of para-hydroxylation sites is 2. The van der Waals surface area contributed by atoms with Crippen LogP contribution in [-0.2, 0) is 16.1 Å². The molecule has 0 bridgehead atoms. The molecule has 0 atom stereocenters. The van der Waals surface area contributed by atoms with Crippen molar-refractivity contribution < 1.29 is 9.53 Å². The average molecular weight is 358 g/mol. The van der Waals surface area contributed by atoms with E-state index in [0.717, 1.165) is 23.9 Å². The van der Waals surface area contributed by atoms with Crippen molar-refractivity contribution in [3.8, 4) is 0 Å². The zero-order valence-corrected chi connectivity index (χ0v) is 15.2. The maximum atomic E-state index is 13.0. The topological polar surface area (TPSA) is 76.5 Å². The van der Waals surface area contributed by atoms with E-state index in [9.17, 15) is 9.59 Å². The number of amides is 1. The Morgan fingerprint density at radius 2 is 2.04 bits per heavy atom. The zero-order valence-electron chi connectivity index (χ0n) is 15.2. The minimum atomic E-state index is -0.146. The van der Waals surface area contributed by atoms with Gasteiger partial charge in [-0.1, -0.05) is 25.5 Å². The van der Waals surface area contributed by atoms with Crippen molar-refractivity contribution in [2.75, 3.05) is 37.7 Å². The Morgan fingerprint density at radius 3 is 2.81 bits per heavy atom. The van der Waals surface area contributed by atoms with Crippen molar-refractivity contribution in [1.29, 1.82) is 0 Å². The van der Waals surface area contributed by atoms with E-state index in [1.54, 1.807) is 4.57 Å². The molecule has 1 aliphatic heterocycles. The van der Waals surface area contributed by atoms with E-state index in [4.69, 9.17) is 4.74 Å². The fourth-order valence-electron chi connectivity index (χ4n) is 3.09. The molecule has 0 aliphatic carbocycles. The van der Waals surface area contributed by atoms with Gasteiger partial charge in [-0.25, -0.2) is 4.98 Å². The largest absolute Gasteiger partial charge is 0.378 e. The number of rotatable bonds is 7. The summed E-state index contributed by atoms with van der Waals surface area (Å²) in [7, 11) is 0. The predicted molar refractivity (Wildman–Crippen MR) is 102 cm³/mol. The number of carbonyl (C=O) groups excluding carboxylic acids is 1. The summed E-state index contributed by atoms with van der Waals surface area (Å²) in [5.74, 6) is 0.414. The number of ether oxygens (including phenoxy) is 1. The van der Waals surface area contributed by atoms with Crippen LogP contribution in [0.5, 0.6) is 0 Å². The number of hydrogen-bond donors (Lipinski definition) is 1. The van der Waals surface area contributed by atoms with Crippen molar-refractivity contribution in [1.82, 2.24) is 14.9 Å². The third kappa shape index (κ3) is 4.22. The number of hydrogen-bond acceptors (Lipinski definition) is 5. The van der Waals surface area contributed by atoms with Crippen molar-refractivity contribution in [3.05, 3.63) is 34.6 Å². The fourth-order valence-corrected chi connectivity index (χ4v) is 3.09. The SMILES string of the molecule is CCCCNC(=O)CCn1c(=O)c(N2CCOCC2)nc2ccccc21. The van der Waals surface area contributed by atoms with Crippen LogP contribution < -0.4 is 15.8 Å². The van der Waals surface area contributed by atoms with Crippen LogP contribution in [0.2, 0.25) is 0 Å². The van der Waals surface area contributed by atoms with E-state index in [1.807, 2.05) is 29.2 Å². The van der Waals surface area contributed by atoms with Gasteiger partial charge in [-0.15, -0.1) is 0 Å². The second-order valence-electron chi connectivity index (χ2n) is 6.43. The molecule has 2 aromatic rings. The minimum Gasteiger partial charge on any atom is -0.378 e. The first-order valence-electron chi connectivity index (χ1n) is 9.29. The number of carbonyl (C=O) groups is 1. The predicted octanol–water partition coefficient (Wildman–Crippen LogP) is 1.54. The number of nitrogens with zero attached hydrogens (tertiary/aromatic N) is 3. The van der Waals surface area contributed by atoms with E-state index >= 15 is 0 Å². The van der Waals surface area contributed by atoms with Gasteiger partial charge in [0.15, 0.2) is 5.82 Å². The van der Waals surface area contributed by atoms with Gasteiger partial charge in [0.1, 0.15) is 0 Å². The highest BCUT2D eigenvalue weighted by Gasteiger charge is 2.19. The molecule has 0 radical (unpaired) electrons. The third-order valence-electron chi connectivity index (χ3n) is 4.56. The second kappa shape index (κ2) is 8.80. The first-order valence-corrected chi connectivity index (χ1v) is 9.29. The summed E-state index contributed by atoms with van der Waals surface area (Å²) in [6.07, 6.45) is 2.28. The second-order valence-corrected chi connectivity index (χ2v) is 6.43. The lowest BCUT2D eigenvalue weighted by molar-refractivity contribution is -0.121. The smallest absolute Gasteiger partial charge is 0.294 e. The van der Waals surface area contributed by atoms with Crippen LogP contribution in [0.4, 0.5) is 5.82 Å². The van der Waals surface area contributed by atoms with E-state index < -0.39 is 0 Å². The van der Waals surface area contributed by atoms with Gasteiger partial charge in [0, 0.05) is 32.6 Å². The molecular weight excluding hydrogens is 332 g/mol. The standard InChI is InChI=1S/C19H26N4O3/c1-2-3-9-20-17(24)8-10-23-16-7-5-4-6-15(16)21-18(19(23)25)22-11-13-26-14-12-22/h4-7H,2-3,8-14H2,1H3,(H,20,24). The van der Waals surface area contributed by atoms with Crippen LogP contribution in [0.1, 0.15) is 26.2 Å². The number of morpholine rings is 1. The van der Waals surface area contributed by atoms with Gasteiger partial charge >= 0.3 is 0 Å². The fraction of sp³-hybridized carbons (Fsp3) is 0.526. The number of anilines is 1. The minimum absolute atomic E-state index is 0.0286. The molecule has 26 heavy (non-hydrogen) atoms. The Kier molecular flexibility index (Phi) is 6.22. The monoisotopic (exact) mass is 358 g/mol. The molecule has 1 amide bonds. The summed E-state index contributed by atoms with van der Waals surface area (Å²) < 4.78 is 7.05. The number of aryl methyl sites for hydroxylation is 1. The highest BCUT2D eigenvalue weighted by molar-refractivity contribution is 5.78. The van der Waals surface area contributed by atoms with Gasteiger partial charge in [0.05, 0.1) is 24.2 Å². The van der Waals surface area contributed by atoms with Crippen molar-refractivity contribution >= 4 is 22.8 Å². The Bertz CT molecular complexity index is 812. The lowest BCUT2D eigenvalue weighted by Crippen LogP contribution is -2.41. The van der Waals surface area contributed by atoms with Crippen LogP contribution >= 0.6 is 0 Å². The molecular formula is C19H26N4O3. The molecule has 0 saturated carbocycles. The van der Waals surface area contributed by atoms with Crippen LogP contribution in [0.15, 0.2) is 29.1 Å². The molecule has 2 heterocycles. The van der Waals surface area contributed by atoms with Gasteiger partial charge in [0.2, 0.25) is 5.91 Å². The maximum absolute atomic E-state index is 13.0. The normalized spacial score (nSPS) is 14.6. The van der Waals surface area contributed by atoms with E-state index in [1.165, 1.54) is 0 Å². The Morgan fingerprint density at radius 1 is 1.27 bits per heavy atom. The molecule has 140 valence electrons. The number of benzene rings is 1. The number of aromatic nitrogens is 2. The van der Waals surface area contributed by atoms with Crippen LogP contribution in [0.3, 0.4) is 0 Å². The number of fused-ring (bicyclic) bond motifs is 1. The van der Waals surface area contributed by atoms with Crippen LogP contribution in [0, 0.1) is 0 Å². The van der Waals surface area contributed by atoms with Gasteiger partial charge in [-0.05, 0) is 18.6 Å². The summed E-state index contributed by atoms with van der Waals surface area (Å²) in [6.45, 7) is 5.59. The van der Waals surface area contributed by atoms with Crippen molar-refractivity contribution in [3.63, 3.8) is 0 Å². The number of unbranched alkanes of at least 4 members (excludes halogenated alkanes) is 1. The van der Waals surface area contributed by atoms with Gasteiger partial charge in [-0.2, -0.15) is 0 Å². The van der Waals surface area contributed by atoms with Gasteiger partial charge < -0.3 is 19.5 Å². The number of nitrogens with one attached hydrogen (secondary N) is 1. The first-order chi connectivity index (χ1) is 12.7. The van der Waals surface area contributed by atoms with Crippen LogP contribution in [0.25, 0.3) is 11.0 Å². The van der Waals surface area contributed by atoms with Crippen LogP contribution in [-0.4, -0.2) is 48.3 Å². The Balaban J connectivity index is 1.86. The summed E-state index contributed by atoms with van der Waals surface area (Å²) in [5.41, 5.74) is 1.38. The Hall–Kier alpha value is -2.41. The molecule has 7 heteroatoms. The van der Waals surface area contributed by atoms with E-state index in [2.05, 4.69) is 17.2 Å². The lowest BCUT2D eigenvalue weighted by Gasteiger charge is -2.28. The molecule has 7 nitrogen and oxygen atoms in total. The quantitative estimate of drug-likeness (QED) is 0.760. The molecule has 0 unspecified atom stereocenters. The molecule has 1 saturated heterocycles. The molecule has 0 spiro atoms. The highest BCUT2D eigenvalue weighted by Crippen LogP contribution is 2.15. The van der Waals surface area contributed by atoms with E-state index in [-0.39, 0.29) is 17.9 Å². The summed E-state index contributed by atoms with van der Waals surface area (Å²) in [5, 5.41) is 2.90. The average Bonchev–Trinajstić information content (AvgIpc) is 2.68. The highest BCUT2D eigenvalue weighted by atomic mass is 16.5. The summed E-state index contributed by atoms with van der Waals surface area (Å²) in [6, 6.07) is 7.57. The molecule has 1 fully saturated rings. The first kappa shape index (κ1) is 18.4. The molecule has 1 N–H and O–H groups in total. The summed E-state index contributed by atoms with van der Waals surface area (Å²) in [4.78, 5) is 31.6. The molecule has 1 aliphatic rings. The molecule has 1 aromatic carbocycles. The lowest BCUT2D eigenvalue weighted by atomic mass is 10.2. The van der Waals surface area contributed by atoms with E-state index in [0.29, 0.717) is 45.2 Å². The molecule has 1 aromatic heterocycles. The summed E-state index contributed by atoms with van der Waals surface area (Å²) >= 11 is 0.